The summed E-state index contributed by atoms with van der Waals surface area (Å²) in [6, 6.07) is 75.9. The van der Waals surface area contributed by atoms with Crippen molar-refractivity contribution >= 4 is 74.3 Å². The molecule has 0 aliphatic carbocycles. The number of para-hydroxylation sites is 4. The van der Waals surface area contributed by atoms with Crippen LogP contribution >= 0.6 is 0 Å². The minimum absolute atomic E-state index is 0.0683. The molecule has 5 nitrogen and oxygen atoms in total. The summed E-state index contributed by atoms with van der Waals surface area (Å²) < 4.78 is 13.7. The van der Waals surface area contributed by atoms with Gasteiger partial charge in [0.25, 0.3) is 6.71 Å². The first-order valence-electron chi connectivity index (χ1n) is 22.0. The lowest BCUT2D eigenvalue weighted by Gasteiger charge is -2.41. The highest BCUT2D eigenvalue weighted by atomic mass is 16.5. The lowest BCUT2D eigenvalue weighted by molar-refractivity contribution is 0.418. The Labute approximate surface area is 375 Å². The van der Waals surface area contributed by atoms with E-state index in [1.807, 2.05) is 6.07 Å². The highest BCUT2D eigenvalue weighted by molar-refractivity contribution is 6.99. The fourth-order valence-electron chi connectivity index (χ4n) is 10.1. The van der Waals surface area contributed by atoms with Crippen molar-refractivity contribution < 1.29 is 9.47 Å². The van der Waals surface area contributed by atoms with Crippen molar-refractivity contribution in [3.8, 4) is 23.0 Å². The summed E-state index contributed by atoms with van der Waals surface area (Å²) >= 11 is 0. The third-order valence-electron chi connectivity index (χ3n) is 13.2. The van der Waals surface area contributed by atoms with Crippen molar-refractivity contribution in [2.75, 3.05) is 14.7 Å². The van der Waals surface area contributed by atoms with E-state index in [0.717, 1.165) is 79.6 Å². The Morgan fingerprint density at radius 2 is 0.922 bits per heavy atom. The summed E-state index contributed by atoms with van der Waals surface area (Å²) in [5, 5.41) is 0. The van der Waals surface area contributed by atoms with Crippen LogP contribution in [0, 0.1) is 6.92 Å². The maximum atomic E-state index is 7.05. The molecule has 0 bridgehead atoms. The zero-order chi connectivity index (χ0) is 42.9. The Hall–Kier alpha value is -7.96. The van der Waals surface area contributed by atoms with E-state index >= 15 is 0 Å². The molecular weight excluding hydrogens is 781 g/mol. The van der Waals surface area contributed by atoms with Crippen molar-refractivity contribution in [1.29, 1.82) is 0 Å². The number of fused-ring (bicyclic) bond motifs is 6. The fourth-order valence-corrected chi connectivity index (χ4v) is 10.1. The number of hydrogen-bond acceptors (Lipinski definition) is 5. The van der Waals surface area contributed by atoms with Gasteiger partial charge in [-0.05, 0) is 114 Å². The van der Waals surface area contributed by atoms with E-state index in [-0.39, 0.29) is 12.1 Å². The van der Waals surface area contributed by atoms with Crippen molar-refractivity contribution in [2.24, 2.45) is 0 Å². The lowest BCUT2D eigenvalue weighted by Crippen LogP contribution is -2.59. The van der Waals surface area contributed by atoms with Crippen molar-refractivity contribution in [1.82, 2.24) is 0 Å². The van der Waals surface area contributed by atoms with Crippen LogP contribution in [0.4, 0.5) is 51.2 Å². The Morgan fingerprint density at radius 1 is 0.406 bits per heavy atom. The SMILES string of the molecule is Cc1ccc(N2c3cc(N(c4ccccc4)c4ccccc4)ccc3B3c4ccc(N(c5ccccc5)c5ccc6c(c5)Oc5ccccc5C6(C)C)cc4Oc4cccc2c43)cc1. The second-order valence-corrected chi connectivity index (χ2v) is 17.4. The van der Waals surface area contributed by atoms with Crippen LogP contribution in [-0.4, -0.2) is 6.71 Å². The Morgan fingerprint density at radius 3 is 1.59 bits per heavy atom. The molecule has 0 atom stereocenters. The van der Waals surface area contributed by atoms with Crippen LogP contribution in [-0.2, 0) is 5.41 Å². The molecule has 9 aromatic carbocycles. The van der Waals surface area contributed by atoms with Gasteiger partial charge in [-0.3, -0.25) is 0 Å². The molecule has 0 amide bonds. The van der Waals surface area contributed by atoms with E-state index in [2.05, 4.69) is 242 Å². The van der Waals surface area contributed by atoms with Crippen LogP contribution in [0.25, 0.3) is 0 Å². The Kier molecular flexibility index (Phi) is 8.77. The van der Waals surface area contributed by atoms with Crippen LogP contribution in [0.15, 0.2) is 212 Å². The van der Waals surface area contributed by atoms with Crippen LogP contribution in [0.1, 0.15) is 30.5 Å². The number of nitrogens with zero attached hydrogens (tertiary/aromatic N) is 3. The van der Waals surface area contributed by atoms with Gasteiger partial charge in [0.1, 0.15) is 23.0 Å². The quantitative estimate of drug-likeness (QED) is 0.149. The smallest absolute Gasteiger partial charge is 0.256 e. The third-order valence-corrected chi connectivity index (χ3v) is 13.2. The number of anilines is 9. The average molecular weight is 826 g/mol. The van der Waals surface area contributed by atoms with Gasteiger partial charge in [-0.1, -0.05) is 129 Å². The van der Waals surface area contributed by atoms with Crippen molar-refractivity contribution in [3.05, 3.63) is 229 Å². The first kappa shape index (κ1) is 37.8. The van der Waals surface area contributed by atoms with E-state index in [1.165, 1.54) is 27.6 Å². The molecule has 0 radical (unpaired) electrons. The largest absolute Gasteiger partial charge is 0.458 e. The Bertz CT molecular complexity index is 3190. The minimum Gasteiger partial charge on any atom is -0.458 e. The number of ether oxygens (including phenoxy) is 2. The number of aryl methyl sites for hydroxylation is 1. The molecule has 64 heavy (non-hydrogen) atoms. The maximum absolute atomic E-state index is 7.05. The first-order valence-corrected chi connectivity index (χ1v) is 22.0. The van der Waals surface area contributed by atoms with Gasteiger partial charge in [0.05, 0.1) is 0 Å². The second-order valence-electron chi connectivity index (χ2n) is 17.4. The monoisotopic (exact) mass is 825 g/mol. The summed E-state index contributed by atoms with van der Waals surface area (Å²) in [6.07, 6.45) is 0. The van der Waals surface area contributed by atoms with E-state index < -0.39 is 0 Å². The molecule has 0 unspecified atom stereocenters. The molecule has 6 heteroatoms. The van der Waals surface area contributed by atoms with Crippen LogP contribution in [0.2, 0.25) is 0 Å². The van der Waals surface area contributed by atoms with Crippen LogP contribution < -0.4 is 40.6 Å². The third kappa shape index (κ3) is 6.09. The molecule has 0 saturated carbocycles. The predicted molar refractivity (Wildman–Crippen MR) is 265 cm³/mol. The maximum Gasteiger partial charge on any atom is 0.256 e. The predicted octanol–water partition coefficient (Wildman–Crippen LogP) is 13.8. The number of rotatable bonds is 7. The molecule has 3 aliphatic heterocycles. The van der Waals surface area contributed by atoms with E-state index in [1.54, 1.807) is 0 Å². The van der Waals surface area contributed by atoms with E-state index in [9.17, 15) is 0 Å². The van der Waals surface area contributed by atoms with Gasteiger partial charge in [-0.25, -0.2) is 0 Å². The molecule has 0 saturated heterocycles. The molecule has 0 N–H and O–H groups in total. The van der Waals surface area contributed by atoms with Gasteiger partial charge in [-0.2, -0.15) is 0 Å². The van der Waals surface area contributed by atoms with Crippen molar-refractivity contribution in [2.45, 2.75) is 26.2 Å². The second kappa shape index (κ2) is 14.9. The highest BCUT2D eigenvalue weighted by Gasteiger charge is 2.42. The zero-order valence-corrected chi connectivity index (χ0v) is 35.9. The molecule has 9 aromatic rings. The van der Waals surface area contributed by atoms with Gasteiger partial charge in [0, 0.05) is 79.9 Å². The highest BCUT2D eigenvalue weighted by Crippen LogP contribution is 2.50. The summed E-state index contributed by atoms with van der Waals surface area (Å²) in [4.78, 5) is 7.06. The summed E-state index contributed by atoms with van der Waals surface area (Å²) in [5.41, 5.74) is 16.5. The topological polar surface area (TPSA) is 28.2 Å². The molecule has 3 aliphatic rings. The minimum atomic E-state index is -0.209. The average Bonchev–Trinajstić information content (AvgIpc) is 3.33. The fraction of sp³-hybridized carbons (Fsp3) is 0.0690. The van der Waals surface area contributed by atoms with Crippen molar-refractivity contribution in [3.63, 3.8) is 0 Å². The van der Waals surface area contributed by atoms with Crippen LogP contribution in [0.3, 0.4) is 0 Å². The van der Waals surface area contributed by atoms with Crippen LogP contribution in [0.5, 0.6) is 23.0 Å². The molecule has 12 rings (SSSR count). The molecular formula is C58H44BN3O2. The first-order chi connectivity index (χ1) is 31.4. The standard InChI is InChI=1S/C58H44BN3O2/c1-39-26-28-43(29-27-39)62-51-23-15-25-54-57(51)59(49-34-31-44(36-52(49)62)60(40-16-7-4-8-17-40)41-18-9-5-10-19-41)50-35-32-46(38-56(50)64-54)61(42-20-11-6-12-21-42)45-30-33-48-55(37-45)63-53-24-14-13-22-47(53)58(48,2)3/h4-38H,1-3H3. The van der Waals surface area contributed by atoms with E-state index in [0.29, 0.717) is 0 Å². The van der Waals surface area contributed by atoms with Gasteiger partial charge >= 0.3 is 0 Å². The normalized spacial score (nSPS) is 13.5. The van der Waals surface area contributed by atoms with Gasteiger partial charge in [-0.15, -0.1) is 0 Å². The lowest BCUT2D eigenvalue weighted by atomic mass is 9.34. The van der Waals surface area contributed by atoms with Gasteiger partial charge in [0.15, 0.2) is 0 Å². The summed E-state index contributed by atoms with van der Waals surface area (Å²) in [7, 11) is 0. The molecule has 0 spiro atoms. The Balaban J connectivity index is 1.01. The molecule has 3 heterocycles. The molecule has 0 fully saturated rings. The molecule has 306 valence electrons. The number of hydrogen-bond donors (Lipinski definition) is 0. The summed E-state index contributed by atoms with van der Waals surface area (Å²) in [5.74, 6) is 3.47. The number of benzene rings is 9. The molecule has 0 aromatic heterocycles. The summed E-state index contributed by atoms with van der Waals surface area (Å²) in [6.45, 7) is 6.62. The van der Waals surface area contributed by atoms with E-state index in [4.69, 9.17) is 9.47 Å². The zero-order valence-electron chi connectivity index (χ0n) is 35.9. The van der Waals surface area contributed by atoms with Gasteiger partial charge in [0.2, 0.25) is 0 Å². The van der Waals surface area contributed by atoms with Gasteiger partial charge < -0.3 is 24.2 Å².